The van der Waals surface area contributed by atoms with Gasteiger partial charge in [-0.25, -0.2) is 0 Å². The summed E-state index contributed by atoms with van der Waals surface area (Å²) >= 11 is 0. The molecule has 0 aliphatic heterocycles. The smallest absolute Gasteiger partial charge is 0.146 e. The fourth-order valence-corrected chi connectivity index (χ4v) is 1.62. The van der Waals surface area contributed by atoms with Crippen LogP contribution in [0.5, 0.6) is 5.75 Å². The second kappa shape index (κ2) is 5.06. The van der Waals surface area contributed by atoms with Gasteiger partial charge in [0.1, 0.15) is 23.9 Å². The van der Waals surface area contributed by atoms with E-state index in [1.54, 1.807) is 0 Å². The van der Waals surface area contributed by atoms with Gasteiger partial charge in [0.05, 0.1) is 6.54 Å². The second-order valence-electron chi connectivity index (χ2n) is 4.13. The average molecular weight is 231 g/mol. The number of ether oxygens (including phenoxy) is 1. The number of rotatable bonds is 4. The molecule has 2 N–H and O–H groups in total. The molecule has 3 nitrogen and oxygen atoms in total. The molecule has 1 aromatic carbocycles. The van der Waals surface area contributed by atoms with Crippen molar-refractivity contribution in [3.63, 3.8) is 0 Å². The molecule has 1 aromatic heterocycles. The normalized spacial score (nSPS) is 10.5. The fourth-order valence-electron chi connectivity index (χ4n) is 1.62. The van der Waals surface area contributed by atoms with Crippen LogP contribution in [0.15, 0.2) is 34.7 Å². The number of aryl methyl sites for hydroxylation is 2. The molecule has 2 rings (SSSR count). The molecule has 0 saturated heterocycles. The lowest BCUT2D eigenvalue weighted by molar-refractivity contribution is 0.264. The van der Waals surface area contributed by atoms with E-state index in [2.05, 4.69) is 12.1 Å². The van der Waals surface area contributed by atoms with E-state index in [9.17, 15) is 0 Å². The predicted octanol–water partition coefficient (Wildman–Crippen LogP) is 2.93. The van der Waals surface area contributed by atoms with Crippen molar-refractivity contribution < 1.29 is 9.15 Å². The van der Waals surface area contributed by atoms with Gasteiger partial charge in [-0.3, -0.25) is 0 Å². The van der Waals surface area contributed by atoms with Crippen LogP contribution in [0.2, 0.25) is 0 Å². The average Bonchev–Trinajstić information content (AvgIpc) is 2.78. The summed E-state index contributed by atoms with van der Waals surface area (Å²) in [6.07, 6.45) is 0. The van der Waals surface area contributed by atoms with E-state index in [0.29, 0.717) is 13.2 Å². The van der Waals surface area contributed by atoms with Gasteiger partial charge >= 0.3 is 0 Å². The Balaban J connectivity index is 2.04. The quantitative estimate of drug-likeness (QED) is 0.880. The Kier molecular flexibility index (Phi) is 3.49. The maximum absolute atomic E-state index is 5.73. The summed E-state index contributed by atoms with van der Waals surface area (Å²) < 4.78 is 11.2. The highest BCUT2D eigenvalue weighted by Crippen LogP contribution is 2.20. The highest BCUT2D eigenvalue weighted by Gasteiger charge is 2.04. The molecule has 0 atom stereocenters. The SMILES string of the molecule is Cc1ccc(C)c(OCc2ccc(CN)o2)c1. The number of furan rings is 1. The summed E-state index contributed by atoms with van der Waals surface area (Å²) in [5, 5.41) is 0. The molecule has 2 aromatic rings. The summed E-state index contributed by atoms with van der Waals surface area (Å²) in [7, 11) is 0. The highest BCUT2D eigenvalue weighted by atomic mass is 16.5. The van der Waals surface area contributed by atoms with Crippen molar-refractivity contribution in [3.05, 3.63) is 53.0 Å². The zero-order chi connectivity index (χ0) is 12.3. The van der Waals surface area contributed by atoms with E-state index in [1.165, 1.54) is 5.56 Å². The highest BCUT2D eigenvalue weighted by molar-refractivity contribution is 5.36. The van der Waals surface area contributed by atoms with Gasteiger partial charge in [0.2, 0.25) is 0 Å². The van der Waals surface area contributed by atoms with Gasteiger partial charge < -0.3 is 14.9 Å². The van der Waals surface area contributed by atoms with E-state index in [-0.39, 0.29) is 0 Å². The van der Waals surface area contributed by atoms with Crippen LogP contribution in [-0.4, -0.2) is 0 Å². The first-order chi connectivity index (χ1) is 8.19. The van der Waals surface area contributed by atoms with Crippen LogP contribution >= 0.6 is 0 Å². The zero-order valence-electron chi connectivity index (χ0n) is 10.2. The molecule has 0 radical (unpaired) electrons. The van der Waals surface area contributed by atoms with Crippen LogP contribution in [0.1, 0.15) is 22.6 Å². The Bertz CT molecular complexity index is 503. The minimum Gasteiger partial charge on any atom is -0.485 e. The third-order valence-electron chi connectivity index (χ3n) is 2.63. The van der Waals surface area contributed by atoms with Crippen LogP contribution in [0.4, 0.5) is 0 Å². The van der Waals surface area contributed by atoms with Crippen molar-refractivity contribution >= 4 is 0 Å². The summed E-state index contributed by atoms with van der Waals surface area (Å²) in [5.74, 6) is 2.48. The van der Waals surface area contributed by atoms with E-state index in [0.717, 1.165) is 22.8 Å². The summed E-state index contributed by atoms with van der Waals surface area (Å²) in [6, 6.07) is 9.93. The van der Waals surface area contributed by atoms with Gasteiger partial charge in [-0.05, 0) is 43.2 Å². The topological polar surface area (TPSA) is 48.4 Å². The maximum Gasteiger partial charge on any atom is 0.146 e. The van der Waals surface area contributed by atoms with Crippen molar-refractivity contribution in [2.24, 2.45) is 5.73 Å². The Morgan fingerprint density at radius 2 is 1.88 bits per heavy atom. The summed E-state index contributed by atoms with van der Waals surface area (Å²) in [4.78, 5) is 0. The summed E-state index contributed by atoms with van der Waals surface area (Å²) in [6.45, 7) is 4.93. The van der Waals surface area contributed by atoms with Crippen molar-refractivity contribution in [1.29, 1.82) is 0 Å². The van der Waals surface area contributed by atoms with Crippen molar-refractivity contribution in [2.45, 2.75) is 27.0 Å². The molecule has 0 aliphatic rings. The van der Waals surface area contributed by atoms with E-state index < -0.39 is 0 Å². The molecule has 1 heterocycles. The molecule has 17 heavy (non-hydrogen) atoms. The zero-order valence-corrected chi connectivity index (χ0v) is 10.2. The molecule has 3 heteroatoms. The Morgan fingerprint density at radius 1 is 1.12 bits per heavy atom. The monoisotopic (exact) mass is 231 g/mol. The molecular weight excluding hydrogens is 214 g/mol. The fraction of sp³-hybridized carbons (Fsp3) is 0.286. The van der Waals surface area contributed by atoms with Gasteiger partial charge in [-0.1, -0.05) is 12.1 Å². The molecule has 0 saturated carbocycles. The van der Waals surface area contributed by atoms with Crippen molar-refractivity contribution in [3.8, 4) is 5.75 Å². The third kappa shape index (κ3) is 2.88. The molecule has 0 aliphatic carbocycles. The summed E-state index contributed by atoms with van der Waals surface area (Å²) in [5.41, 5.74) is 7.79. The maximum atomic E-state index is 5.73. The van der Waals surface area contributed by atoms with Gasteiger partial charge in [0.25, 0.3) is 0 Å². The molecule has 0 spiro atoms. The minimum atomic E-state index is 0.420. The minimum absolute atomic E-state index is 0.420. The van der Waals surface area contributed by atoms with Crippen LogP contribution in [0.3, 0.4) is 0 Å². The second-order valence-corrected chi connectivity index (χ2v) is 4.13. The van der Waals surface area contributed by atoms with Gasteiger partial charge in [0.15, 0.2) is 0 Å². The first-order valence-corrected chi connectivity index (χ1v) is 5.67. The molecule has 0 fully saturated rings. The number of hydrogen-bond acceptors (Lipinski definition) is 3. The Morgan fingerprint density at radius 3 is 2.59 bits per heavy atom. The van der Waals surface area contributed by atoms with Crippen LogP contribution in [-0.2, 0) is 13.2 Å². The van der Waals surface area contributed by atoms with Crippen LogP contribution in [0, 0.1) is 13.8 Å². The van der Waals surface area contributed by atoms with Crippen molar-refractivity contribution in [2.75, 3.05) is 0 Å². The van der Waals surface area contributed by atoms with Crippen molar-refractivity contribution in [1.82, 2.24) is 0 Å². The standard InChI is InChI=1S/C14H17NO2/c1-10-3-4-11(2)14(7-10)16-9-13-6-5-12(8-15)17-13/h3-7H,8-9,15H2,1-2H3. The largest absolute Gasteiger partial charge is 0.485 e. The number of hydrogen-bond donors (Lipinski definition) is 1. The van der Waals surface area contributed by atoms with Crippen LogP contribution < -0.4 is 10.5 Å². The molecule has 0 amide bonds. The predicted molar refractivity (Wildman–Crippen MR) is 66.8 cm³/mol. The van der Waals surface area contributed by atoms with Gasteiger partial charge in [0, 0.05) is 0 Å². The Labute approximate surface area is 101 Å². The Hall–Kier alpha value is -1.74. The third-order valence-corrected chi connectivity index (χ3v) is 2.63. The molecule has 90 valence electrons. The number of nitrogens with two attached hydrogens (primary N) is 1. The lowest BCUT2D eigenvalue weighted by Crippen LogP contribution is -1.97. The molecular formula is C14H17NO2. The first kappa shape index (κ1) is 11.7. The van der Waals surface area contributed by atoms with Crippen LogP contribution in [0.25, 0.3) is 0 Å². The molecule has 0 bridgehead atoms. The van der Waals surface area contributed by atoms with E-state index in [1.807, 2.05) is 32.0 Å². The first-order valence-electron chi connectivity index (χ1n) is 5.67. The van der Waals surface area contributed by atoms with E-state index >= 15 is 0 Å². The van der Waals surface area contributed by atoms with Gasteiger partial charge in [-0.2, -0.15) is 0 Å². The molecule has 0 unspecified atom stereocenters. The lowest BCUT2D eigenvalue weighted by atomic mass is 10.1. The van der Waals surface area contributed by atoms with E-state index in [4.69, 9.17) is 14.9 Å². The lowest BCUT2D eigenvalue weighted by Gasteiger charge is -2.08. The number of benzene rings is 1. The van der Waals surface area contributed by atoms with Gasteiger partial charge in [-0.15, -0.1) is 0 Å².